The second-order valence-corrected chi connectivity index (χ2v) is 6.71. The Kier molecular flexibility index (Phi) is 5.38. The molecule has 5 heteroatoms. The van der Waals surface area contributed by atoms with Crippen LogP contribution in [0.2, 0.25) is 0 Å². The highest BCUT2D eigenvalue weighted by molar-refractivity contribution is 9.10. The molecule has 2 aromatic carbocycles. The predicted octanol–water partition coefficient (Wildman–Crippen LogP) is 5.72. The molecule has 0 aliphatic carbocycles. The summed E-state index contributed by atoms with van der Waals surface area (Å²) in [5, 5.41) is 0. The van der Waals surface area contributed by atoms with Gasteiger partial charge in [-0.25, -0.2) is 8.78 Å². The van der Waals surface area contributed by atoms with Crippen LogP contribution in [0.25, 0.3) is 0 Å². The van der Waals surface area contributed by atoms with E-state index in [4.69, 9.17) is 4.74 Å². The summed E-state index contributed by atoms with van der Waals surface area (Å²) in [7, 11) is 1.60. The van der Waals surface area contributed by atoms with Crippen molar-refractivity contribution in [2.24, 2.45) is 0 Å². The lowest BCUT2D eigenvalue weighted by atomic mass is 10.0. The highest BCUT2D eigenvalue weighted by Gasteiger charge is 2.17. The van der Waals surface area contributed by atoms with Gasteiger partial charge in [-0.05, 0) is 42.7 Å². The van der Waals surface area contributed by atoms with Gasteiger partial charge in [0, 0.05) is 20.9 Å². The lowest BCUT2D eigenvalue weighted by Gasteiger charge is -2.16. The van der Waals surface area contributed by atoms with E-state index in [1.165, 1.54) is 12.1 Å². The minimum absolute atomic E-state index is 0.135. The van der Waals surface area contributed by atoms with Crippen LogP contribution < -0.4 is 4.74 Å². The Morgan fingerprint density at radius 3 is 2.52 bits per heavy atom. The van der Waals surface area contributed by atoms with Crippen LogP contribution >= 0.6 is 31.9 Å². The molecular formula is C16H14Br2F2O. The first-order valence-corrected chi connectivity index (χ1v) is 8.05. The number of alkyl halides is 1. The molecule has 0 saturated heterocycles. The molecule has 0 amide bonds. The van der Waals surface area contributed by atoms with Crippen LogP contribution in [-0.2, 0) is 6.42 Å². The second-order valence-electron chi connectivity index (χ2n) is 4.75. The van der Waals surface area contributed by atoms with Crippen LogP contribution in [0.1, 0.15) is 21.5 Å². The van der Waals surface area contributed by atoms with E-state index in [0.717, 1.165) is 27.4 Å². The van der Waals surface area contributed by atoms with E-state index in [1.807, 2.05) is 19.1 Å². The Morgan fingerprint density at radius 1 is 1.19 bits per heavy atom. The zero-order valence-electron chi connectivity index (χ0n) is 11.6. The number of rotatable bonds is 4. The Bertz CT molecular complexity index is 659. The van der Waals surface area contributed by atoms with Crippen LogP contribution in [0.5, 0.6) is 5.75 Å². The third-order valence-electron chi connectivity index (χ3n) is 3.26. The van der Waals surface area contributed by atoms with Crippen LogP contribution in [-0.4, -0.2) is 7.11 Å². The molecule has 21 heavy (non-hydrogen) atoms. The summed E-state index contributed by atoms with van der Waals surface area (Å²) in [6, 6.07) is 7.51. The zero-order valence-corrected chi connectivity index (χ0v) is 14.8. The van der Waals surface area contributed by atoms with Gasteiger partial charge in [-0.1, -0.05) is 37.9 Å². The van der Waals surface area contributed by atoms with Crippen molar-refractivity contribution >= 4 is 31.9 Å². The van der Waals surface area contributed by atoms with E-state index >= 15 is 0 Å². The van der Waals surface area contributed by atoms with Gasteiger partial charge in [-0.2, -0.15) is 0 Å². The van der Waals surface area contributed by atoms with Gasteiger partial charge in [0.15, 0.2) is 0 Å². The molecule has 2 rings (SSSR count). The van der Waals surface area contributed by atoms with Crippen molar-refractivity contribution in [3.05, 3.63) is 63.1 Å². The smallest absolute Gasteiger partial charge is 0.129 e. The summed E-state index contributed by atoms with van der Waals surface area (Å²) >= 11 is 7.05. The number of halogens is 4. The molecule has 0 heterocycles. The molecule has 112 valence electrons. The highest BCUT2D eigenvalue weighted by Crippen LogP contribution is 2.37. The molecular weight excluding hydrogens is 406 g/mol. The Hall–Kier alpha value is -0.940. The average molecular weight is 420 g/mol. The molecule has 0 aliphatic rings. The number of hydrogen-bond donors (Lipinski definition) is 0. The third-order valence-corrected chi connectivity index (χ3v) is 4.93. The Morgan fingerprint density at radius 2 is 1.90 bits per heavy atom. The molecule has 0 fully saturated rings. The number of aryl methyl sites for hydroxylation is 1. The van der Waals surface area contributed by atoms with Crippen molar-refractivity contribution in [1.29, 1.82) is 0 Å². The predicted molar refractivity (Wildman–Crippen MR) is 87.2 cm³/mol. The topological polar surface area (TPSA) is 9.23 Å². The maximum Gasteiger partial charge on any atom is 0.129 e. The highest BCUT2D eigenvalue weighted by atomic mass is 79.9. The van der Waals surface area contributed by atoms with Gasteiger partial charge >= 0.3 is 0 Å². The molecule has 0 saturated carbocycles. The Balaban J connectivity index is 2.31. The lowest BCUT2D eigenvalue weighted by Crippen LogP contribution is -2.02. The summed E-state index contributed by atoms with van der Waals surface area (Å²) in [4.78, 5) is -0.135. The second kappa shape index (κ2) is 6.88. The first-order valence-electron chi connectivity index (χ1n) is 6.34. The fraction of sp³-hybridized carbons (Fsp3) is 0.250. The van der Waals surface area contributed by atoms with Crippen molar-refractivity contribution in [2.75, 3.05) is 7.11 Å². The van der Waals surface area contributed by atoms with E-state index in [0.29, 0.717) is 12.0 Å². The maximum atomic E-state index is 13.8. The summed E-state index contributed by atoms with van der Waals surface area (Å²) in [6.07, 6.45) is 0.401. The third kappa shape index (κ3) is 3.83. The monoisotopic (exact) mass is 418 g/mol. The van der Waals surface area contributed by atoms with Crippen molar-refractivity contribution in [1.82, 2.24) is 0 Å². The standard InChI is InChI=1S/C16H14Br2F2O/c1-9-5-16(21-2)12(8-13(9)17)14(18)6-10-3-4-11(19)7-15(10)20/h3-5,7-8,14H,6H2,1-2H3. The molecule has 0 radical (unpaired) electrons. The van der Waals surface area contributed by atoms with E-state index < -0.39 is 11.6 Å². The van der Waals surface area contributed by atoms with Gasteiger partial charge < -0.3 is 4.74 Å². The van der Waals surface area contributed by atoms with Gasteiger partial charge in [0.05, 0.1) is 7.11 Å². The van der Waals surface area contributed by atoms with Crippen LogP contribution in [0.3, 0.4) is 0 Å². The minimum atomic E-state index is -0.571. The molecule has 1 nitrogen and oxygen atoms in total. The molecule has 0 spiro atoms. The quantitative estimate of drug-likeness (QED) is 0.575. The number of benzene rings is 2. The van der Waals surface area contributed by atoms with E-state index in [-0.39, 0.29) is 4.83 Å². The van der Waals surface area contributed by atoms with Crippen molar-refractivity contribution in [3.63, 3.8) is 0 Å². The fourth-order valence-corrected chi connectivity index (χ4v) is 3.15. The largest absolute Gasteiger partial charge is 0.496 e. The van der Waals surface area contributed by atoms with E-state index in [2.05, 4.69) is 31.9 Å². The molecule has 1 unspecified atom stereocenters. The summed E-state index contributed by atoms with van der Waals surface area (Å²) < 4.78 is 33.0. The van der Waals surface area contributed by atoms with Crippen molar-refractivity contribution < 1.29 is 13.5 Å². The van der Waals surface area contributed by atoms with E-state index in [9.17, 15) is 8.78 Å². The number of hydrogen-bond acceptors (Lipinski definition) is 1. The van der Waals surface area contributed by atoms with Gasteiger partial charge in [0.25, 0.3) is 0 Å². The maximum absolute atomic E-state index is 13.8. The van der Waals surface area contributed by atoms with Crippen molar-refractivity contribution in [2.45, 2.75) is 18.2 Å². The van der Waals surface area contributed by atoms with E-state index in [1.54, 1.807) is 7.11 Å². The SMILES string of the molecule is COc1cc(C)c(Br)cc1C(Br)Cc1ccc(F)cc1F. The van der Waals surface area contributed by atoms with Crippen LogP contribution in [0, 0.1) is 18.6 Å². The molecule has 1 atom stereocenters. The summed E-state index contributed by atoms with van der Waals surface area (Å²) in [6.45, 7) is 1.97. The van der Waals surface area contributed by atoms with Crippen LogP contribution in [0.4, 0.5) is 8.78 Å². The number of methoxy groups -OCH3 is 1. The first-order chi connectivity index (χ1) is 9.92. The average Bonchev–Trinajstić information content (AvgIpc) is 2.44. The summed E-state index contributed by atoms with van der Waals surface area (Å²) in [5.41, 5.74) is 2.43. The molecule has 0 aliphatic heterocycles. The van der Waals surface area contributed by atoms with Gasteiger partial charge in [0.2, 0.25) is 0 Å². The van der Waals surface area contributed by atoms with Gasteiger partial charge in [-0.15, -0.1) is 0 Å². The Labute approximate surface area is 139 Å². The van der Waals surface area contributed by atoms with Crippen molar-refractivity contribution in [3.8, 4) is 5.75 Å². The lowest BCUT2D eigenvalue weighted by molar-refractivity contribution is 0.409. The zero-order chi connectivity index (χ0) is 15.6. The fourth-order valence-electron chi connectivity index (χ4n) is 2.08. The molecule has 0 N–H and O–H groups in total. The first kappa shape index (κ1) is 16.4. The normalized spacial score (nSPS) is 12.3. The molecule has 0 bridgehead atoms. The number of ether oxygens (including phenoxy) is 1. The minimum Gasteiger partial charge on any atom is -0.496 e. The van der Waals surface area contributed by atoms with Gasteiger partial charge in [0.1, 0.15) is 17.4 Å². The van der Waals surface area contributed by atoms with Crippen LogP contribution in [0.15, 0.2) is 34.8 Å². The molecule has 2 aromatic rings. The molecule has 0 aromatic heterocycles. The summed E-state index contributed by atoms with van der Waals surface area (Å²) in [5.74, 6) is -0.372. The van der Waals surface area contributed by atoms with Gasteiger partial charge in [-0.3, -0.25) is 0 Å².